The van der Waals surface area contributed by atoms with Crippen LogP contribution in [0.1, 0.15) is 43.4 Å². The van der Waals surface area contributed by atoms with Crippen molar-refractivity contribution in [2.75, 3.05) is 33.8 Å². The largest absolute Gasteiger partial charge is 0.453 e. The number of nitrogens with one attached hydrogen (secondary N) is 4. The van der Waals surface area contributed by atoms with Gasteiger partial charge in [0.2, 0.25) is 5.91 Å². The van der Waals surface area contributed by atoms with Gasteiger partial charge in [-0.25, -0.2) is 19.2 Å². The van der Waals surface area contributed by atoms with Crippen molar-refractivity contribution in [3.63, 3.8) is 0 Å². The van der Waals surface area contributed by atoms with E-state index in [9.17, 15) is 9.59 Å². The molecule has 4 N–H and O–H groups in total. The van der Waals surface area contributed by atoms with Crippen molar-refractivity contribution >= 4 is 22.8 Å². The predicted molar refractivity (Wildman–Crippen MR) is 173 cm³/mol. The van der Waals surface area contributed by atoms with Crippen LogP contribution in [0.4, 0.5) is 9.18 Å². The first kappa shape index (κ1) is 30.9. The lowest BCUT2D eigenvalue weighted by atomic mass is 10.0. The van der Waals surface area contributed by atoms with Gasteiger partial charge in [-0.05, 0) is 68.9 Å². The number of rotatable bonds is 11. The Morgan fingerprint density at radius 1 is 0.957 bits per heavy atom. The minimum absolute atomic E-state index is 0.118. The Bertz CT molecular complexity index is 1850. The monoisotopic (exact) mass is 624 g/mol. The average Bonchev–Trinajstić information content (AvgIpc) is 3.84. The minimum atomic E-state index is -0.639. The van der Waals surface area contributed by atoms with Crippen LogP contribution in [0.25, 0.3) is 44.5 Å². The van der Waals surface area contributed by atoms with Gasteiger partial charge in [-0.2, -0.15) is 0 Å². The topological polar surface area (TPSA) is 141 Å². The zero-order valence-electron chi connectivity index (χ0n) is 25.9. The molecule has 6 rings (SSSR count). The number of methoxy groups -OCH3 is 1. The number of halogens is 1. The van der Waals surface area contributed by atoms with Gasteiger partial charge in [0.25, 0.3) is 0 Å². The van der Waals surface area contributed by atoms with Crippen molar-refractivity contribution in [2.45, 2.75) is 38.1 Å². The molecule has 1 fully saturated rings. The smallest absolute Gasteiger partial charge is 0.407 e. The Morgan fingerprint density at radius 3 is 2.57 bits per heavy atom. The fourth-order valence-corrected chi connectivity index (χ4v) is 5.82. The van der Waals surface area contributed by atoms with Crippen molar-refractivity contribution in [1.82, 2.24) is 40.5 Å². The summed E-state index contributed by atoms with van der Waals surface area (Å²) in [5.41, 5.74) is 4.44. The van der Waals surface area contributed by atoms with Gasteiger partial charge in [-0.1, -0.05) is 18.2 Å². The quantitative estimate of drug-likeness (QED) is 0.145. The van der Waals surface area contributed by atoms with E-state index >= 15 is 4.39 Å². The number of amides is 2. The number of aromatic nitrogens is 5. The van der Waals surface area contributed by atoms with Gasteiger partial charge in [-0.15, -0.1) is 0 Å². The second-order valence-electron chi connectivity index (χ2n) is 11.5. The van der Waals surface area contributed by atoms with Crippen LogP contribution in [0.3, 0.4) is 0 Å². The number of benzene rings is 2. The van der Waals surface area contributed by atoms with Gasteiger partial charge < -0.3 is 25.3 Å². The number of nitrogens with zero attached hydrogens (tertiary/aromatic N) is 4. The molecule has 1 aliphatic heterocycles. The lowest BCUT2D eigenvalue weighted by molar-refractivity contribution is -0.120. The Kier molecular flexibility index (Phi) is 9.34. The second-order valence-corrected chi connectivity index (χ2v) is 11.5. The summed E-state index contributed by atoms with van der Waals surface area (Å²) in [6.07, 6.45) is 9.28. The summed E-state index contributed by atoms with van der Waals surface area (Å²) >= 11 is 0. The molecule has 5 aromatic rings. The molecule has 0 radical (unpaired) electrons. The molecule has 3 aromatic heterocycles. The van der Waals surface area contributed by atoms with Crippen LogP contribution in [-0.2, 0) is 16.0 Å². The highest BCUT2D eigenvalue weighted by molar-refractivity contribution is 5.89. The third-order valence-corrected chi connectivity index (χ3v) is 8.39. The molecule has 0 bridgehead atoms. The number of alkyl carbamates (subject to hydrolysis) is 1. The molecule has 1 aliphatic rings. The summed E-state index contributed by atoms with van der Waals surface area (Å²) < 4.78 is 19.8. The number of fused-ring (bicyclic) bond motifs is 1. The van der Waals surface area contributed by atoms with Crippen LogP contribution in [0.2, 0.25) is 0 Å². The number of aryl methyl sites for hydroxylation is 1. The number of hydrogen-bond donors (Lipinski definition) is 4. The van der Waals surface area contributed by atoms with Crippen LogP contribution in [0, 0.1) is 5.82 Å². The lowest BCUT2D eigenvalue weighted by Gasteiger charge is -2.16. The summed E-state index contributed by atoms with van der Waals surface area (Å²) in [4.78, 5) is 45.5. The first-order valence-electron chi connectivity index (χ1n) is 15.5. The number of imidazole rings is 2. The van der Waals surface area contributed by atoms with E-state index in [0.717, 1.165) is 83.6 Å². The van der Waals surface area contributed by atoms with E-state index in [4.69, 9.17) is 0 Å². The summed E-state index contributed by atoms with van der Waals surface area (Å²) in [7, 11) is 3.35. The third kappa shape index (κ3) is 7.07. The van der Waals surface area contributed by atoms with E-state index < -0.39 is 6.09 Å². The van der Waals surface area contributed by atoms with E-state index in [1.807, 2.05) is 36.5 Å². The number of carbonyl (C=O) groups is 2. The Hall–Kier alpha value is -5.10. The first-order chi connectivity index (χ1) is 22.4. The zero-order valence-corrected chi connectivity index (χ0v) is 25.9. The maximum absolute atomic E-state index is 15.4. The summed E-state index contributed by atoms with van der Waals surface area (Å²) in [5, 5.41) is 7.00. The Morgan fingerprint density at radius 2 is 1.76 bits per heavy atom. The van der Waals surface area contributed by atoms with Crippen molar-refractivity contribution < 1.29 is 18.7 Å². The predicted octanol–water partition coefficient (Wildman–Crippen LogP) is 5.38. The number of H-pyrrole nitrogens is 2. The van der Waals surface area contributed by atoms with Crippen LogP contribution < -0.4 is 10.6 Å². The van der Waals surface area contributed by atoms with Gasteiger partial charge in [-0.3, -0.25) is 14.7 Å². The van der Waals surface area contributed by atoms with Crippen molar-refractivity contribution in [3.8, 4) is 33.8 Å². The number of likely N-dealkylation sites (tertiary alicyclic amines) is 1. The number of hydrogen-bond acceptors (Lipinski definition) is 7. The van der Waals surface area contributed by atoms with Crippen LogP contribution in [0.5, 0.6) is 0 Å². The summed E-state index contributed by atoms with van der Waals surface area (Å²) in [5.74, 6) is 1.18. The highest BCUT2D eigenvalue weighted by atomic mass is 19.1. The molecule has 1 unspecified atom stereocenters. The van der Waals surface area contributed by atoms with E-state index in [2.05, 4.69) is 52.2 Å². The molecular formula is C34H37FN8O3. The molecular weight excluding hydrogens is 587 g/mol. The molecule has 46 heavy (non-hydrogen) atoms. The number of pyridine rings is 1. The third-order valence-electron chi connectivity index (χ3n) is 8.39. The SMILES string of the molecule is COC(=O)NCC(=O)NCCCCc1ncc(-c2ccc3cc(-c4ccc(-c5cnc(C6CCCN6C)[nH]5)cc4F)ncc3c2)[nH]1. The first-order valence-corrected chi connectivity index (χ1v) is 15.5. The molecule has 0 saturated carbocycles. The molecule has 0 aliphatic carbocycles. The molecule has 238 valence electrons. The highest BCUT2D eigenvalue weighted by Gasteiger charge is 2.25. The van der Waals surface area contributed by atoms with E-state index in [0.29, 0.717) is 17.8 Å². The Labute approximate surface area is 266 Å². The second kappa shape index (κ2) is 13.9. The fraction of sp³-hybridized carbons (Fsp3) is 0.324. The fourth-order valence-electron chi connectivity index (χ4n) is 5.82. The van der Waals surface area contributed by atoms with Crippen LogP contribution >= 0.6 is 0 Å². The molecule has 2 amide bonds. The Balaban J connectivity index is 1.06. The van der Waals surface area contributed by atoms with Crippen molar-refractivity contribution in [2.24, 2.45) is 0 Å². The molecule has 1 atom stereocenters. The zero-order chi connectivity index (χ0) is 32.0. The maximum Gasteiger partial charge on any atom is 0.407 e. The number of unbranched alkanes of at least 4 members (excludes halogenated alkanes) is 1. The molecule has 2 aromatic carbocycles. The minimum Gasteiger partial charge on any atom is -0.453 e. The number of carbonyl (C=O) groups excluding carboxylic acids is 2. The summed E-state index contributed by atoms with van der Waals surface area (Å²) in [6.45, 7) is 1.44. The molecule has 11 nitrogen and oxygen atoms in total. The summed E-state index contributed by atoms with van der Waals surface area (Å²) in [6, 6.07) is 13.5. The lowest BCUT2D eigenvalue weighted by Crippen LogP contribution is -2.37. The van der Waals surface area contributed by atoms with Gasteiger partial charge >= 0.3 is 6.09 Å². The molecule has 12 heteroatoms. The number of aromatic amines is 2. The van der Waals surface area contributed by atoms with Crippen LogP contribution in [0.15, 0.2) is 61.1 Å². The van der Waals surface area contributed by atoms with E-state index in [1.165, 1.54) is 13.2 Å². The van der Waals surface area contributed by atoms with Crippen LogP contribution in [-0.4, -0.2) is 75.6 Å². The van der Waals surface area contributed by atoms with Gasteiger partial charge in [0.05, 0.1) is 49.2 Å². The standard InChI is InChI=1S/C34H37FN8O3/c1-43-13-5-6-30(43)33-39-19-29(42-33)23-10-11-25(26(35)15-23)27-16-21-8-9-22(14-24(21)17-37-27)28-18-38-31(41-28)7-3-4-12-36-32(44)20-40-34(45)46-2/h8-11,14-19,30H,3-7,12-13,20H2,1-2H3,(H,36,44)(H,38,41)(H,39,42)(H,40,45). The maximum atomic E-state index is 15.4. The van der Waals surface area contributed by atoms with Gasteiger partial charge in [0, 0.05) is 41.2 Å². The van der Waals surface area contributed by atoms with E-state index in [1.54, 1.807) is 18.5 Å². The van der Waals surface area contributed by atoms with Crippen molar-refractivity contribution in [3.05, 3.63) is 78.5 Å². The van der Waals surface area contributed by atoms with E-state index in [-0.39, 0.29) is 24.3 Å². The molecule has 1 saturated heterocycles. The number of ether oxygens (including phenoxy) is 1. The molecule has 0 spiro atoms. The van der Waals surface area contributed by atoms with Crippen molar-refractivity contribution in [1.29, 1.82) is 0 Å². The van der Waals surface area contributed by atoms with Gasteiger partial charge in [0.15, 0.2) is 0 Å². The average molecular weight is 625 g/mol. The molecule has 4 heterocycles. The highest BCUT2D eigenvalue weighted by Crippen LogP contribution is 2.32. The van der Waals surface area contributed by atoms with Gasteiger partial charge in [0.1, 0.15) is 17.5 Å². The normalized spacial score (nSPS) is 14.9.